The van der Waals surface area contributed by atoms with Crippen LogP contribution >= 0.6 is 0 Å². The van der Waals surface area contributed by atoms with E-state index >= 15 is 0 Å². The third kappa shape index (κ3) is 2.13. The lowest BCUT2D eigenvalue weighted by molar-refractivity contribution is 0.0932. The molecule has 0 spiro atoms. The molecule has 1 aromatic heterocycles. The van der Waals surface area contributed by atoms with Crippen LogP contribution in [0.4, 0.5) is 0 Å². The van der Waals surface area contributed by atoms with Gasteiger partial charge in [-0.3, -0.25) is 9.89 Å². The number of carbonyl (C=O) groups excluding carboxylic acids is 1. The van der Waals surface area contributed by atoms with Gasteiger partial charge in [-0.1, -0.05) is 13.8 Å². The topological polar surface area (TPSA) is 70.7 Å². The van der Waals surface area contributed by atoms with E-state index in [0.717, 1.165) is 18.3 Å². The summed E-state index contributed by atoms with van der Waals surface area (Å²) in [7, 11) is 0. The van der Waals surface area contributed by atoms with Crippen LogP contribution in [0.5, 0.6) is 0 Å². The summed E-state index contributed by atoms with van der Waals surface area (Å²) in [4.78, 5) is 16.2. The number of carbonyl (C=O) groups is 1. The van der Waals surface area contributed by atoms with Gasteiger partial charge in [0.25, 0.3) is 5.91 Å². The van der Waals surface area contributed by atoms with Crippen molar-refractivity contribution in [2.24, 2.45) is 11.3 Å². The van der Waals surface area contributed by atoms with Gasteiger partial charge >= 0.3 is 0 Å². The van der Waals surface area contributed by atoms with Gasteiger partial charge < -0.3 is 5.32 Å². The molecule has 1 amide bonds. The molecule has 3 rings (SSSR count). The standard InChI is InChI=1S/C13H20N4O/c1-8(2)10-15-11(17-16-10)12(18)14-7-13(5-6-13)9-3-4-9/h8-9H,3-7H2,1-2H3,(H,14,18)(H,15,16,17). The quantitative estimate of drug-likeness (QED) is 0.835. The van der Waals surface area contributed by atoms with Crippen LogP contribution < -0.4 is 5.32 Å². The van der Waals surface area contributed by atoms with Crippen molar-refractivity contribution in [3.8, 4) is 0 Å². The lowest BCUT2D eigenvalue weighted by atomic mass is 10.0. The lowest BCUT2D eigenvalue weighted by Gasteiger charge is -2.13. The van der Waals surface area contributed by atoms with Crippen LogP contribution in [-0.4, -0.2) is 27.6 Å². The van der Waals surface area contributed by atoms with E-state index in [-0.39, 0.29) is 17.6 Å². The summed E-state index contributed by atoms with van der Waals surface area (Å²) in [5, 5.41) is 9.77. The number of hydrogen-bond acceptors (Lipinski definition) is 3. The van der Waals surface area contributed by atoms with E-state index in [9.17, 15) is 4.79 Å². The molecule has 0 radical (unpaired) electrons. The Balaban J connectivity index is 1.57. The average Bonchev–Trinajstić information content (AvgIpc) is 3.23. The molecule has 1 heterocycles. The number of hydrogen-bond donors (Lipinski definition) is 2. The summed E-state index contributed by atoms with van der Waals surface area (Å²) < 4.78 is 0. The SMILES string of the molecule is CC(C)c1nc(C(=O)NCC2(C3CC3)CC2)n[nH]1. The molecule has 5 nitrogen and oxygen atoms in total. The highest BCUT2D eigenvalue weighted by Gasteiger charge is 2.53. The van der Waals surface area contributed by atoms with Crippen molar-refractivity contribution in [1.29, 1.82) is 0 Å². The fraction of sp³-hybridized carbons (Fsp3) is 0.769. The highest BCUT2D eigenvalue weighted by Crippen LogP contribution is 2.60. The van der Waals surface area contributed by atoms with Crippen molar-refractivity contribution in [2.75, 3.05) is 6.54 Å². The van der Waals surface area contributed by atoms with Gasteiger partial charge in [0.05, 0.1) is 0 Å². The number of nitrogens with zero attached hydrogens (tertiary/aromatic N) is 2. The Kier molecular flexibility index (Phi) is 2.64. The van der Waals surface area contributed by atoms with Crippen molar-refractivity contribution >= 4 is 5.91 Å². The molecule has 2 N–H and O–H groups in total. The van der Waals surface area contributed by atoms with Gasteiger partial charge in [-0.05, 0) is 37.0 Å². The monoisotopic (exact) mass is 248 g/mol. The highest BCUT2D eigenvalue weighted by atomic mass is 16.2. The van der Waals surface area contributed by atoms with Crippen LogP contribution in [0.1, 0.15) is 61.9 Å². The maximum absolute atomic E-state index is 11.9. The normalized spacial score (nSPS) is 21.1. The van der Waals surface area contributed by atoms with Gasteiger partial charge in [-0.15, -0.1) is 5.10 Å². The molecule has 0 bridgehead atoms. The van der Waals surface area contributed by atoms with E-state index in [2.05, 4.69) is 20.5 Å². The Morgan fingerprint density at radius 2 is 2.22 bits per heavy atom. The van der Waals surface area contributed by atoms with Crippen molar-refractivity contribution in [1.82, 2.24) is 20.5 Å². The first kappa shape index (κ1) is 11.7. The number of aromatic nitrogens is 3. The highest BCUT2D eigenvalue weighted by molar-refractivity contribution is 5.90. The fourth-order valence-electron chi connectivity index (χ4n) is 2.56. The zero-order chi connectivity index (χ0) is 12.8. The van der Waals surface area contributed by atoms with E-state index in [1.807, 2.05) is 13.8 Å². The zero-order valence-electron chi connectivity index (χ0n) is 11.0. The van der Waals surface area contributed by atoms with Crippen LogP contribution in [0, 0.1) is 11.3 Å². The minimum atomic E-state index is -0.148. The summed E-state index contributed by atoms with van der Waals surface area (Å²) in [6.07, 6.45) is 5.22. The lowest BCUT2D eigenvalue weighted by Crippen LogP contribution is -2.31. The number of rotatable bonds is 5. The van der Waals surface area contributed by atoms with Crippen LogP contribution in [0.25, 0.3) is 0 Å². The van der Waals surface area contributed by atoms with Gasteiger partial charge in [-0.25, -0.2) is 4.98 Å². The second-order valence-electron chi connectivity index (χ2n) is 6.02. The average molecular weight is 248 g/mol. The first-order valence-electron chi connectivity index (χ1n) is 6.81. The second kappa shape index (κ2) is 4.07. The Hall–Kier alpha value is -1.39. The maximum atomic E-state index is 11.9. The molecular weight excluding hydrogens is 228 g/mol. The minimum Gasteiger partial charge on any atom is -0.349 e. The molecule has 2 saturated carbocycles. The van der Waals surface area contributed by atoms with Gasteiger partial charge in [0.2, 0.25) is 5.82 Å². The number of nitrogens with one attached hydrogen (secondary N) is 2. The molecule has 0 atom stereocenters. The van der Waals surface area contributed by atoms with Gasteiger partial charge in [0.15, 0.2) is 0 Å². The Morgan fingerprint density at radius 1 is 1.50 bits per heavy atom. The molecule has 5 heteroatoms. The fourth-order valence-corrected chi connectivity index (χ4v) is 2.56. The van der Waals surface area contributed by atoms with E-state index in [0.29, 0.717) is 5.41 Å². The van der Waals surface area contributed by atoms with Gasteiger partial charge in [0.1, 0.15) is 5.82 Å². The van der Waals surface area contributed by atoms with Crippen LogP contribution in [0.2, 0.25) is 0 Å². The molecule has 0 aliphatic heterocycles. The molecule has 98 valence electrons. The number of aromatic amines is 1. The van der Waals surface area contributed by atoms with E-state index in [1.54, 1.807) is 0 Å². The zero-order valence-corrected chi connectivity index (χ0v) is 11.0. The Bertz CT molecular complexity index is 457. The van der Waals surface area contributed by atoms with E-state index in [4.69, 9.17) is 0 Å². The molecular formula is C13H20N4O. The summed E-state index contributed by atoms with van der Waals surface area (Å²) in [5.74, 6) is 2.01. The summed E-state index contributed by atoms with van der Waals surface area (Å²) in [6.45, 7) is 4.84. The summed E-state index contributed by atoms with van der Waals surface area (Å²) in [5.41, 5.74) is 0.423. The molecule has 2 aliphatic rings. The minimum absolute atomic E-state index is 0.148. The Labute approximate surface area is 107 Å². The number of amides is 1. The van der Waals surface area contributed by atoms with Crippen LogP contribution in [-0.2, 0) is 0 Å². The summed E-state index contributed by atoms with van der Waals surface area (Å²) >= 11 is 0. The second-order valence-corrected chi connectivity index (χ2v) is 6.02. The number of H-pyrrole nitrogens is 1. The summed E-state index contributed by atoms with van der Waals surface area (Å²) in [6, 6.07) is 0. The molecule has 0 unspecified atom stereocenters. The third-order valence-electron chi connectivity index (χ3n) is 4.19. The first-order chi connectivity index (χ1) is 8.61. The maximum Gasteiger partial charge on any atom is 0.290 e. The van der Waals surface area contributed by atoms with Crippen molar-refractivity contribution < 1.29 is 4.79 Å². The Morgan fingerprint density at radius 3 is 2.72 bits per heavy atom. The third-order valence-corrected chi connectivity index (χ3v) is 4.19. The molecule has 18 heavy (non-hydrogen) atoms. The molecule has 2 fully saturated rings. The molecule has 2 aliphatic carbocycles. The van der Waals surface area contributed by atoms with Crippen LogP contribution in [0.3, 0.4) is 0 Å². The smallest absolute Gasteiger partial charge is 0.290 e. The molecule has 0 saturated heterocycles. The van der Waals surface area contributed by atoms with Gasteiger partial charge in [-0.2, -0.15) is 0 Å². The van der Waals surface area contributed by atoms with E-state index in [1.165, 1.54) is 25.7 Å². The molecule has 0 aromatic carbocycles. The van der Waals surface area contributed by atoms with E-state index < -0.39 is 0 Å². The van der Waals surface area contributed by atoms with Crippen molar-refractivity contribution in [3.63, 3.8) is 0 Å². The van der Waals surface area contributed by atoms with Crippen molar-refractivity contribution in [2.45, 2.75) is 45.4 Å². The van der Waals surface area contributed by atoms with Crippen molar-refractivity contribution in [3.05, 3.63) is 11.6 Å². The predicted molar refractivity (Wildman–Crippen MR) is 67.2 cm³/mol. The first-order valence-corrected chi connectivity index (χ1v) is 6.81. The van der Waals surface area contributed by atoms with Gasteiger partial charge in [0, 0.05) is 12.5 Å². The predicted octanol–water partition coefficient (Wildman–Crippen LogP) is 1.85. The molecule has 1 aromatic rings. The largest absolute Gasteiger partial charge is 0.349 e. The van der Waals surface area contributed by atoms with Crippen LogP contribution in [0.15, 0.2) is 0 Å².